The number of nitrogens with one attached hydrogen (secondary N) is 1. The smallest absolute Gasteiger partial charge is 0.216 e. The molecule has 88 valence electrons. The van der Waals surface area contributed by atoms with E-state index in [0.29, 0.717) is 5.88 Å². The zero-order valence-electron chi connectivity index (χ0n) is 9.69. The van der Waals surface area contributed by atoms with Gasteiger partial charge in [-0.3, -0.25) is 0 Å². The first-order valence-corrected chi connectivity index (χ1v) is 5.39. The Morgan fingerprint density at radius 1 is 1.25 bits per heavy atom. The van der Waals surface area contributed by atoms with Gasteiger partial charge in [0, 0.05) is 32.2 Å². The molecule has 1 N–H and O–H groups in total. The second-order valence-electron chi connectivity index (χ2n) is 3.64. The first-order valence-electron chi connectivity index (χ1n) is 5.39. The van der Waals surface area contributed by atoms with Crippen molar-refractivity contribution in [2.75, 3.05) is 45.3 Å². The topological polar surface area (TPSA) is 46.6 Å². The lowest BCUT2D eigenvalue weighted by molar-refractivity contribution is 0.381. The number of methoxy groups -OCH3 is 2. The molecule has 0 radical (unpaired) electrons. The van der Waals surface area contributed by atoms with E-state index in [1.165, 1.54) is 0 Å². The number of aromatic nitrogens is 1. The number of pyridine rings is 1. The summed E-state index contributed by atoms with van der Waals surface area (Å²) in [5, 5.41) is 3.32. The molecule has 1 aliphatic rings. The monoisotopic (exact) mass is 223 g/mol. The molecule has 1 fully saturated rings. The van der Waals surface area contributed by atoms with E-state index in [4.69, 9.17) is 9.47 Å². The molecular formula is C11H17N3O2. The van der Waals surface area contributed by atoms with Crippen LogP contribution in [0.2, 0.25) is 0 Å². The second-order valence-corrected chi connectivity index (χ2v) is 3.64. The summed E-state index contributed by atoms with van der Waals surface area (Å²) in [6, 6.07) is 1.82. The molecule has 0 bridgehead atoms. The van der Waals surface area contributed by atoms with Crippen molar-refractivity contribution < 1.29 is 9.47 Å². The van der Waals surface area contributed by atoms with Gasteiger partial charge in [-0.15, -0.1) is 0 Å². The molecule has 0 aliphatic carbocycles. The Hall–Kier alpha value is -1.49. The van der Waals surface area contributed by atoms with Crippen LogP contribution in [0, 0.1) is 0 Å². The molecule has 0 unspecified atom stereocenters. The maximum Gasteiger partial charge on any atom is 0.216 e. The van der Waals surface area contributed by atoms with Crippen molar-refractivity contribution in [3.05, 3.63) is 12.3 Å². The maximum atomic E-state index is 5.36. The third kappa shape index (κ3) is 2.19. The van der Waals surface area contributed by atoms with Crippen LogP contribution in [-0.2, 0) is 0 Å². The van der Waals surface area contributed by atoms with E-state index < -0.39 is 0 Å². The highest BCUT2D eigenvalue weighted by Gasteiger charge is 2.15. The minimum Gasteiger partial charge on any atom is -0.494 e. The molecule has 1 aromatic heterocycles. The predicted octanol–water partition coefficient (Wildman–Crippen LogP) is 0.508. The summed E-state index contributed by atoms with van der Waals surface area (Å²) in [7, 11) is 3.27. The van der Waals surface area contributed by atoms with E-state index >= 15 is 0 Å². The van der Waals surface area contributed by atoms with Crippen molar-refractivity contribution in [2.45, 2.75) is 0 Å². The molecule has 0 saturated carbocycles. The van der Waals surface area contributed by atoms with Crippen molar-refractivity contribution in [3.8, 4) is 11.6 Å². The van der Waals surface area contributed by atoms with Gasteiger partial charge in [-0.2, -0.15) is 0 Å². The van der Waals surface area contributed by atoms with Gasteiger partial charge in [-0.25, -0.2) is 4.98 Å². The SMILES string of the molecule is COc1cc(OC)c(N2CCNCC2)cn1. The Kier molecular flexibility index (Phi) is 3.46. The fourth-order valence-electron chi connectivity index (χ4n) is 1.83. The molecule has 2 rings (SSSR count). The Morgan fingerprint density at radius 2 is 2.00 bits per heavy atom. The highest BCUT2D eigenvalue weighted by Crippen LogP contribution is 2.30. The van der Waals surface area contributed by atoms with E-state index in [2.05, 4.69) is 15.2 Å². The minimum absolute atomic E-state index is 0.579. The summed E-state index contributed by atoms with van der Waals surface area (Å²) >= 11 is 0. The molecule has 0 aromatic carbocycles. The van der Waals surface area contributed by atoms with Gasteiger partial charge >= 0.3 is 0 Å². The quantitative estimate of drug-likeness (QED) is 0.809. The third-order valence-electron chi connectivity index (χ3n) is 2.71. The van der Waals surface area contributed by atoms with E-state index in [1.807, 2.05) is 12.3 Å². The highest BCUT2D eigenvalue weighted by molar-refractivity contribution is 5.58. The zero-order valence-corrected chi connectivity index (χ0v) is 9.69. The Morgan fingerprint density at radius 3 is 2.62 bits per heavy atom. The number of hydrogen-bond acceptors (Lipinski definition) is 5. The number of ether oxygens (including phenoxy) is 2. The third-order valence-corrected chi connectivity index (χ3v) is 2.71. The summed E-state index contributed by atoms with van der Waals surface area (Å²) in [4.78, 5) is 6.48. The predicted molar refractivity (Wildman–Crippen MR) is 62.4 cm³/mol. The number of nitrogens with zero attached hydrogens (tertiary/aromatic N) is 2. The van der Waals surface area contributed by atoms with Crippen LogP contribution >= 0.6 is 0 Å². The van der Waals surface area contributed by atoms with Crippen molar-refractivity contribution in [2.24, 2.45) is 0 Å². The van der Waals surface area contributed by atoms with Gasteiger partial charge in [0.1, 0.15) is 5.75 Å². The van der Waals surface area contributed by atoms with Crippen LogP contribution in [-0.4, -0.2) is 45.4 Å². The van der Waals surface area contributed by atoms with Crippen molar-refractivity contribution >= 4 is 5.69 Å². The van der Waals surface area contributed by atoms with Crippen molar-refractivity contribution in [1.82, 2.24) is 10.3 Å². The van der Waals surface area contributed by atoms with Crippen LogP contribution in [0.5, 0.6) is 11.6 Å². The maximum absolute atomic E-state index is 5.36. The van der Waals surface area contributed by atoms with Crippen LogP contribution in [0.4, 0.5) is 5.69 Å². The molecule has 1 aromatic rings. The molecule has 0 spiro atoms. The largest absolute Gasteiger partial charge is 0.494 e. The molecule has 1 aliphatic heterocycles. The van der Waals surface area contributed by atoms with Gasteiger partial charge in [-0.1, -0.05) is 0 Å². The molecule has 2 heterocycles. The van der Waals surface area contributed by atoms with E-state index in [-0.39, 0.29) is 0 Å². The first kappa shape index (κ1) is 11.0. The highest BCUT2D eigenvalue weighted by atomic mass is 16.5. The zero-order chi connectivity index (χ0) is 11.4. The van der Waals surface area contributed by atoms with Gasteiger partial charge in [0.15, 0.2) is 0 Å². The molecule has 0 amide bonds. The van der Waals surface area contributed by atoms with Crippen LogP contribution in [0.15, 0.2) is 12.3 Å². The van der Waals surface area contributed by atoms with Gasteiger partial charge in [-0.05, 0) is 0 Å². The summed E-state index contributed by atoms with van der Waals surface area (Å²) < 4.78 is 10.4. The fraction of sp³-hybridized carbons (Fsp3) is 0.545. The molecule has 16 heavy (non-hydrogen) atoms. The summed E-state index contributed by atoms with van der Waals surface area (Å²) in [6.45, 7) is 3.94. The summed E-state index contributed by atoms with van der Waals surface area (Å²) in [5.41, 5.74) is 1.03. The Bertz CT molecular complexity index is 351. The molecular weight excluding hydrogens is 206 g/mol. The lowest BCUT2D eigenvalue weighted by atomic mass is 10.3. The number of anilines is 1. The average Bonchev–Trinajstić information content (AvgIpc) is 2.39. The minimum atomic E-state index is 0.579. The van der Waals surface area contributed by atoms with E-state index in [9.17, 15) is 0 Å². The summed E-state index contributed by atoms with van der Waals surface area (Å²) in [6.07, 6.45) is 1.81. The molecule has 5 nitrogen and oxygen atoms in total. The van der Waals surface area contributed by atoms with E-state index in [0.717, 1.165) is 37.6 Å². The lowest BCUT2D eigenvalue weighted by Gasteiger charge is -2.30. The molecule has 1 saturated heterocycles. The first-order chi connectivity index (χ1) is 7.85. The van der Waals surface area contributed by atoms with Crippen molar-refractivity contribution in [3.63, 3.8) is 0 Å². The van der Waals surface area contributed by atoms with Gasteiger partial charge in [0.25, 0.3) is 0 Å². The lowest BCUT2D eigenvalue weighted by Crippen LogP contribution is -2.43. The number of rotatable bonds is 3. The van der Waals surface area contributed by atoms with Crippen LogP contribution < -0.4 is 19.7 Å². The van der Waals surface area contributed by atoms with E-state index in [1.54, 1.807) is 14.2 Å². The standard InChI is InChI=1S/C11H17N3O2/c1-15-10-7-11(16-2)13-8-9(10)14-5-3-12-4-6-14/h7-8,12H,3-6H2,1-2H3. The average molecular weight is 223 g/mol. The van der Waals surface area contributed by atoms with Crippen LogP contribution in [0.3, 0.4) is 0 Å². The fourth-order valence-corrected chi connectivity index (χ4v) is 1.83. The van der Waals surface area contributed by atoms with Crippen molar-refractivity contribution in [1.29, 1.82) is 0 Å². The summed E-state index contributed by atoms with van der Waals surface area (Å²) in [5.74, 6) is 1.39. The number of hydrogen-bond donors (Lipinski definition) is 1. The van der Waals surface area contributed by atoms with Crippen LogP contribution in [0.25, 0.3) is 0 Å². The Balaban J connectivity index is 2.24. The van der Waals surface area contributed by atoms with Gasteiger partial charge in [0.2, 0.25) is 5.88 Å². The number of piperazine rings is 1. The second kappa shape index (κ2) is 5.03. The van der Waals surface area contributed by atoms with Gasteiger partial charge in [0.05, 0.1) is 26.1 Å². The molecule has 0 atom stereocenters. The Labute approximate surface area is 95.4 Å². The normalized spacial score (nSPS) is 16.0. The van der Waals surface area contributed by atoms with Crippen LogP contribution in [0.1, 0.15) is 0 Å². The van der Waals surface area contributed by atoms with Gasteiger partial charge < -0.3 is 19.7 Å². The molecule has 5 heteroatoms.